The van der Waals surface area contributed by atoms with Gasteiger partial charge in [0, 0.05) is 24.5 Å². The third-order valence-electron chi connectivity index (χ3n) is 6.21. The number of carbonyl (C=O) groups excluding carboxylic acids is 1. The monoisotopic (exact) mass is 514 g/mol. The molecule has 0 spiro atoms. The highest BCUT2D eigenvalue weighted by molar-refractivity contribution is 6.31. The van der Waals surface area contributed by atoms with Crippen molar-refractivity contribution in [1.82, 2.24) is 10.3 Å². The van der Waals surface area contributed by atoms with Crippen LogP contribution in [0.25, 0.3) is 0 Å². The van der Waals surface area contributed by atoms with Crippen molar-refractivity contribution in [3.05, 3.63) is 52.4 Å². The van der Waals surface area contributed by atoms with Crippen molar-refractivity contribution in [2.24, 2.45) is 0 Å². The fourth-order valence-corrected chi connectivity index (χ4v) is 4.53. The second-order valence-corrected chi connectivity index (χ2v) is 9.24. The molecule has 2 aromatic rings. The molecular formula is C24H27ClF4N4O2. The Morgan fingerprint density at radius 2 is 2.06 bits per heavy atom. The first-order valence-electron chi connectivity index (χ1n) is 11.5. The maximum Gasteiger partial charge on any atom is 0.416 e. The number of benzene rings is 1. The summed E-state index contributed by atoms with van der Waals surface area (Å²) in [5.41, 5.74) is -0.138. The molecule has 1 N–H and O–H groups in total. The zero-order chi connectivity index (χ0) is 25.2. The summed E-state index contributed by atoms with van der Waals surface area (Å²) >= 11 is 5.99. The van der Waals surface area contributed by atoms with E-state index in [9.17, 15) is 22.4 Å². The molecule has 1 amide bonds. The molecule has 2 fully saturated rings. The largest absolute Gasteiger partial charge is 0.416 e. The van der Waals surface area contributed by atoms with E-state index in [0.717, 1.165) is 12.1 Å². The normalized spacial score (nSPS) is 18.6. The van der Waals surface area contributed by atoms with E-state index < -0.39 is 23.6 Å². The van der Waals surface area contributed by atoms with E-state index >= 15 is 0 Å². The molecule has 0 aliphatic carbocycles. The number of pyridine rings is 1. The number of ether oxygens (including phenoxy) is 1. The van der Waals surface area contributed by atoms with Crippen LogP contribution in [0.1, 0.15) is 30.5 Å². The first kappa shape index (κ1) is 25.7. The second-order valence-electron chi connectivity index (χ2n) is 8.83. The standard InChI is InChI=1S/C24H27ClF4N4O2/c1-15-10-16(24(27,28)29)11-22(31-15)33-8-2-4-21(33)23(34)32(9-3-7-30-17-13-35-14-17)18-5-6-20(26)19(25)12-18/h5-6,10-12,17,21,30H,2-4,7-9,13-14H2,1H3/t21-/m0/s1. The lowest BCUT2D eigenvalue weighted by atomic mass is 10.1. The zero-order valence-electron chi connectivity index (χ0n) is 19.2. The van der Waals surface area contributed by atoms with Gasteiger partial charge < -0.3 is 19.9 Å². The second kappa shape index (κ2) is 10.7. The molecule has 35 heavy (non-hydrogen) atoms. The van der Waals surface area contributed by atoms with E-state index in [2.05, 4.69) is 10.3 Å². The SMILES string of the molecule is Cc1cc(C(F)(F)F)cc(N2CCC[C@H]2C(=O)N(CCCNC2COC2)c2ccc(F)c(Cl)c2)n1. The number of nitrogens with zero attached hydrogens (tertiary/aromatic N) is 3. The number of alkyl halides is 3. The highest BCUT2D eigenvalue weighted by Crippen LogP contribution is 2.34. The topological polar surface area (TPSA) is 57.7 Å². The molecule has 1 aromatic heterocycles. The highest BCUT2D eigenvalue weighted by atomic mass is 35.5. The zero-order valence-corrected chi connectivity index (χ0v) is 20.0. The molecule has 0 saturated carbocycles. The Kier molecular flexibility index (Phi) is 7.83. The van der Waals surface area contributed by atoms with Crippen LogP contribution in [0, 0.1) is 12.7 Å². The molecule has 2 aliphatic heterocycles. The third kappa shape index (κ3) is 6.05. The van der Waals surface area contributed by atoms with Gasteiger partial charge in [0.15, 0.2) is 0 Å². The smallest absolute Gasteiger partial charge is 0.378 e. The Morgan fingerprint density at radius 1 is 1.29 bits per heavy atom. The maximum atomic E-state index is 13.8. The lowest BCUT2D eigenvalue weighted by Gasteiger charge is -2.32. The number of aromatic nitrogens is 1. The van der Waals surface area contributed by atoms with Gasteiger partial charge >= 0.3 is 6.18 Å². The van der Waals surface area contributed by atoms with Gasteiger partial charge in [0.05, 0.1) is 29.8 Å². The first-order valence-corrected chi connectivity index (χ1v) is 11.9. The van der Waals surface area contributed by atoms with Crippen LogP contribution >= 0.6 is 11.6 Å². The fraction of sp³-hybridized carbons (Fsp3) is 0.500. The van der Waals surface area contributed by atoms with Crippen LogP contribution in [0.4, 0.5) is 29.1 Å². The summed E-state index contributed by atoms with van der Waals surface area (Å²) in [6.07, 6.45) is -2.80. The number of halogens is 5. The Balaban J connectivity index is 1.57. The van der Waals surface area contributed by atoms with Gasteiger partial charge in [0.25, 0.3) is 0 Å². The lowest BCUT2D eigenvalue weighted by molar-refractivity contribution is -0.137. The molecule has 3 heterocycles. The quantitative estimate of drug-likeness (QED) is 0.413. The van der Waals surface area contributed by atoms with Gasteiger partial charge in [-0.15, -0.1) is 0 Å². The van der Waals surface area contributed by atoms with Crippen molar-refractivity contribution in [3.8, 4) is 0 Å². The summed E-state index contributed by atoms with van der Waals surface area (Å²) in [5, 5.41) is 3.23. The molecule has 190 valence electrons. The Bertz CT molecular complexity index is 1060. The summed E-state index contributed by atoms with van der Waals surface area (Å²) < 4.78 is 59.1. The maximum absolute atomic E-state index is 13.8. The first-order chi connectivity index (χ1) is 16.6. The van der Waals surface area contributed by atoms with E-state index in [1.54, 1.807) is 4.90 Å². The lowest BCUT2D eigenvalue weighted by Crippen LogP contribution is -2.48. The molecule has 0 unspecified atom stereocenters. The van der Waals surface area contributed by atoms with Gasteiger partial charge in [0.2, 0.25) is 5.91 Å². The van der Waals surface area contributed by atoms with Gasteiger partial charge in [-0.05, 0) is 63.1 Å². The summed E-state index contributed by atoms with van der Waals surface area (Å²) in [6, 6.07) is 5.66. The van der Waals surface area contributed by atoms with Gasteiger partial charge in [-0.3, -0.25) is 4.79 Å². The summed E-state index contributed by atoms with van der Waals surface area (Å²) in [7, 11) is 0. The molecule has 6 nitrogen and oxygen atoms in total. The molecular weight excluding hydrogens is 488 g/mol. The summed E-state index contributed by atoms with van der Waals surface area (Å²) in [6.45, 7) is 4.19. The van der Waals surface area contributed by atoms with Crippen molar-refractivity contribution in [2.45, 2.75) is 44.4 Å². The Hall–Kier alpha value is -2.43. The number of rotatable bonds is 8. The Labute approximate surface area is 206 Å². The number of nitrogens with one attached hydrogen (secondary N) is 1. The van der Waals surface area contributed by atoms with Crippen molar-refractivity contribution in [2.75, 3.05) is 42.6 Å². The van der Waals surface area contributed by atoms with E-state index in [1.807, 2.05) is 0 Å². The number of anilines is 2. The van der Waals surface area contributed by atoms with E-state index in [0.29, 0.717) is 63.8 Å². The van der Waals surface area contributed by atoms with Gasteiger partial charge in [0.1, 0.15) is 17.7 Å². The van der Waals surface area contributed by atoms with Crippen LogP contribution < -0.4 is 15.1 Å². The predicted octanol–water partition coefficient (Wildman–Crippen LogP) is 4.58. The summed E-state index contributed by atoms with van der Waals surface area (Å²) in [4.78, 5) is 21.2. The van der Waals surface area contributed by atoms with Crippen molar-refractivity contribution >= 4 is 29.0 Å². The molecule has 1 atom stereocenters. The van der Waals surface area contributed by atoms with Crippen LogP contribution in [0.5, 0.6) is 0 Å². The predicted molar refractivity (Wildman–Crippen MR) is 125 cm³/mol. The van der Waals surface area contributed by atoms with Crippen LogP contribution in [-0.2, 0) is 15.7 Å². The highest BCUT2D eigenvalue weighted by Gasteiger charge is 2.37. The van der Waals surface area contributed by atoms with Crippen LogP contribution in [0.3, 0.4) is 0 Å². The van der Waals surface area contributed by atoms with E-state index in [4.69, 9.17) is 16.3 Å². The number of amides is 1. The minimum Gasteiger partial charge on any atom is -0.378 e. The third-order valence-corrected chi connectivity index (χ3v) is 6.50. The van der Waals surface area contributed by atoms with Crippen molar-refractivity contribution in [3.63, 3.8) is 0 Å². The number of hydrogen-bond donors (Lipinski definition) is 1. The van der Waals surface area contributed by atoms with Gasteiger partial charge in [-0.1, -0.05) is 11.6 Å². The molecule has 2 saturated heterocycles. The molecule has 4 rings (SSSR count). The van der Waals surface area contributed by atoms with E-state index in [1.165, 1.54) is 30.0 Å². The average molecular weight is 515 g/mol. The molecule has 0 bridgehead atoms. The van der Waals surface area contributed by atoms with Gasteiger partial charge in [-0.2, -0.15) is 13.2 Å². The Morgan fingerprint density at radius 3 is 2.71 bits per heavy atom. The molecule has 0 radical (unpaired) electrons. The minimum atomic E-state index is -4.52. The van der Waals surface area contributed by atoms with E-state index in [-0.39, 0.29) is 22.4 Å². The van der Waals surface area contributed by atoms with Crippen LogP contribution in [0.15, 0.2) is 30.3 Å². The molecule has 2 aliphatic rings. The van der Waals surface area contributed by atoms with Crippen molar-refractivity contribution < 1.29 is 27.1 Å². The fourth-order valence-electron chi connectivity index (χ4n) is 4.36. The van der Waals surface area contributed by atoms with Gasteiger partial charge in [-0.25, -0.2) is 9.37 Å². The summed E-state index contributed by atoms with van der Waals surface area (Å²) in [5.74, 6) is -0.758. The minimum absolute atomic E-state index is 0.108. The molecule has 11 heteroatoms. The molecule has 1 aromatic carbocycles. The number of hydrogen-bond acceptors (Lipinski definition) is 5. The number of aryl methyl sites for hydroxylation is 1. The number of carbonyl (C=O) groups is 1. The van der Waals surface area contributed by atoms with Crippen LogP contribution in [0.2, 0.25) is 5.02 Å². The average Bonchev–Trinajstić information content (AvgIpc) is 3.26. The van der Waals surface area contributed by atoms with Crippen LogP contribution in [-0.4, -0.2) is 55.8 Å². The van der Waals surface area contributed by atoms with Crippen molar-refractivity contribution in [1.29, 1.82) is 0 Å².